The highest BCUT2D eigenvalue weighted by Crippen LogP contribution is 2.27. The normalized spacial score (nSPS) is 10.2. The number of hydrogen-bond acceptors (Lipinski definition) is 3. The zero-order valence-corrected chi connectivity index (χ0v) is 8.11. The molecular weight excluding hydrogens is 200 g/mol. The van der Waals surface area contributed by atoms with Crippen LogP contribution in [0.1, 0.15) is 10.5 Å². The average Bonchev–Trinajstić information content (AvgIpc) is 2.27. The molecule has 0 atom stereocenters. The van der Waals surface area contributed by atoms with Crippen molar-refractivity contribution in [3.63, 3.8) is 0 Å². The molecule has 1 aromatic rings. The van der Waals surface area contributed by atoms with E-state index in [1.165, 1.54) is 16.4 Å². The Morgan fingerprint density at radius 1 is 1.75 bits per heavy atom. The molecule has 1 N–H and O–H groups in total. The highest BCUT2D eigenvalue weighted by atomic mass is 35.5. The molecule has 1 rings (SSSR count). The predicted molar refractivity (Wildman–Crippen MR) is 47.0 cm³/mol. The Bertz CT molecular complexity index is 324. The van der Waals surface area contributed by atoms with E-state index in [2.05, 4.69) is 5.10 Å². The topological polar surface area (TPSA) is 55.1 Å². The highest BCUT2D eigenvalue weighted by molar-refractivity contribution is 7.98. The lowest BCUT2D eigenvalue weighted by Crippen LogP contribution is -1.99. The molecule has 6 heteroatoms. The molecule has 66 valence electrons. The zero-order valence-electron chi connectivity index (χ0n) is 6.54. The van der Waals surface area contributed by atoms with Gasteiger partial charge in [-0.25, -0.2) is 4.79 Å². The van der Waals surface area contributed by atoms with E-state index in [0.29, 0.717) is 5.03 Å². The molecule has 0 saturated heterocycles. The molecule has 0 aliphatic carbocycles. The number of aromatic carboxylic acids is 1. The molecule has 0 aliphatic rings. The standard InChI is InChI=1S/C6H7ClN2O2S/c1-9-5(12-2)3(7)4(8-9)6(10)11/h1-2H3,(H,10,11). The maximum Gasteiger partial charge on any atom is 0.358 e. The summed E-state index contributed by atoms with van der Waals surface area (Å²) in [4.78, 5) is 10.5. The smallest absolute Gasteiger partial charge is 0.358 e. The van der Waals surface area contributed by atoms with E-state index in [1.54, 1.807) is 7.05 Å². The lowest BCUT2D eigenvalue weighted by molar-refractivity contribution is 0.0690. The lowest BCUT2D eigenvalue weighted by atomic mass is 10.4. The van der Waals surface area contributed by atoms with Gasteiger partial charge < -0.3 is 5.11 Å². The van der Waals surface area contributed by atoms with E-state index < -0.39 is 5.97 Å². The van der Waals surface area contributed by atoms with Crippen molar-refractivity contribution >= 4 is 29.3 Å². The average molecular weight is 207 g/mol. The van der Waals surface area contributed by atoms with E-state index in [4.69, 9.17) is 16.7 Å². The van der Waals surface area contributed by atoms with Crippen molar-refractivity contribution in [1.82, 2.24) is 9.78 Å². The van der Waals surface area contributed by atoms with Gasteiger partial charge in [0.05, 0.1) is 0 Å². The summed E-state index contributed by atoms with van der Waals surface area (Å²) in [5, 5.41) is 13.2. The number of aryl methyl sites for hydroxylation is 1. The number of rotatable bonds is 2. The van der Waals surface area contributed by atoms with Gasteiger partial charge in [-0.1, -0.05) is 11.6 Å². The highest BCUT2D eigenvalue weighted by Gasteiger charge is 2.18. The van der Waals surface area contributed by atoms with Crippen LogP contribution in [0.15, 0.2) is 5.03 Å². The molecule has 4 nitrogen and oxygen atoms in total. The maximum absolute atomic E-state index is 10.5. The summed E-state index contributed by atoms with van der Waals surface area (Å²) in [6, 6.07) is 0. The first-order chi connectivity index (χ1) is 5.57. The molecule has 0 fully saturated rings. The molecule has 0 spiro atoms. The number of thioether (sulfide) groups is 1. The molecule has 0 bridgehead atoms. The Kier molecular flexibility index (Phi) is 2.64. The van der Waals surface area contributed by atoms with Crippen molar-refractivity contribution in [3.8, 4) is 0 Å². The third-order valence-corrected chi connectivity index (χ3v) is 2.66. The number of aromatic nitrogens is 2. The summed E-state index contributed by atoms with van der Waals surface area (Å²) in [5.74, 6) is -1.10. The van der Waals surface area contributed by atoms with Gasteiger partial charge in [-0.05, 0) is 6.26 Å². The van der Waals surface area contributed by atoms with Crippen molar-refractivity contribution in [1.29, 1.82) is 0 Å². The first-order valence-corrected chi connectivity index (χ1v) is 4.68. The Morgan fingerprint density at radius 2 is 2.33 bits per heavy atom. The van der Waals surface area contributed by atoms with Crippen LogP contribution < -0.4 is 0 Å². The number of nitrogens with zero attached hydrogens (tertiary/aromatic N) is 2. The first-order valence-electron chi connectivity index (χ1n) is 3.07. The third-order valence-electron chi connectivity index (χ3n) is 1.34. The van der Waals surface area contributed by atoms with Crippen LogP contribution in [-0.2, 0) is 7.05 Å². The van der Waals surface area contributed by atoms with Gasteiger partial charge in [-0.3, -0.25) is 4.68 Å². The molecule has 0 amide bonds. The fraction of sp³-hybridized carbons (Fsp3) is 0.333. The Hall–Kier alpha value is -0.680. The first kappa shape index (κ1) is 9.41. The minimum atomic E-state index is -1.10. The molecule has 0 aliphatic heterocycles. The van der Waals surface area contributed by atoms with Gasteiger partial charge in [0, 0.05) is 7.05 Å². The quantitative estimate of drug-likeness (QED) is 0.745. The largest absolute Gasteiger partial charge is 0.476 e. The lowest BCUT2D eigenvalue weighted by Gasteiger charge is -1.94. The summed E-state index contributed by atoms with van der Waals surface area (Å²) >= 11 is 7.11. The van der Waals surface area contributed by atoms with Crippen molar-refractivity contribution in [2.24, 2.45) is 7.05 Å². The van der Waals surface area contributed by atoms with Crippen LogP contribution in [-0.4, -0.2) is 27.1 Å². The van der Waals surface area contributed by atoms with E-state index in [1.807, 2.05) is 6.26 Å². The summed E-state index contributed by atoms with van der Waals surface area (Å²) in [6.07, 6.45) is 1.81. The third kappa shape index (κ3) is 1.42. The second-order valence-electron chi connectivity index (χ2n) is 2.10. The molecular formula is C6H7ClN2O2S. The Balaban J connectivity index is 3.26. The number of carbonyl (C=O) groups is 1. The van der Waals surface area contributed by atoms with Crippen molar-refractivity contribution in [2.75, 3.05) is 6.26 Å². The minimum absolute atomic E-state index is 0.0940. The van der Waals surface area contributed by atoms with Gasteiger partial charge in [0.2, 0.25) is 0 Å². The Labute approximate surface area is 78.5 Å². The van der Waals surface area contributed by atoms with E-state index >= 15 is 0 Å². The van der Waals surface area contributed by atoms with Gasteiger partial charge in [-0.2, -0.15) is 5.10 Å². The predicted octanol–water partition coefficient (Wildman–Crippen LogP) is 1.49. The summed E-state index contributed by atoms with van der Waals surface area (Å²) in [6.45, 7) is 0. The number of carboxylic acids is 1. The molecule has 1 aromatic heterocycles. The monoisotopic (exact) mass is 206 g/mol. The summed E-state index contributed by atoms with van der Waals surface area (Å²) in [7, 11) is 1.66. The number of carboxylic acid groups (broad SMARTS) is 1. The number of hydrogen-bond donors (Lipinski definition) is 1. The fourth-order valence-corrected chi connectivity index (χ4v) is 1.89. The van der Waals surface area contributed by atoms with E-state index in [9.17, 15) is 4.79 Å². The molecule has 0 saturated carbocycles. The summed E-state index contributed by atoms with van der Waals surface area (Å²) in [5.41, 5.74) is -0.0940. The van der Waals surface area contributed by atoms with Gasteiger partial charge in [0.1, 0.15) is 10.0 Å². The number of halogens is 1. The molecule has 0 radical (unpaired) electrons. The van der Waals surface area contributed by atoms with Crippen LogP contribution in [0.3, 0.4) is 0 Å². The molecule has 0 aromatic carbocycles. The van der Waals surface area contributed by atoms with Crippen LogP contribution in [0, 0.1) is 0 Å². The minimum Gasteiger partial charge on any atom is -0.476 e. The van der Waals surface area contributed by atoms with Crippen molar-refractivity contribution in [2.45, 2.75) is 5.03 Å². The summed E-state index contributed by atoms with van der Waals surface area (Å²) < 4.78 is 1.45. The fourth-order valence-electron chi connectivity index (χ4n) is 0.841. The van der Waals surface area contributed by atoms with Gasteiger partial charge >= 0.3 is 5.97 Å². The SMILES string of the molecule is CSc1c(Cl)c(C(=O)O)nn1C. The van der Waals surface area contributed by atoms with Gasteiger partial charge in [0.15, 0.2) is 5.69 Å². The van der Waals surface area contributed by atoms with Crippen LogP contribution in [0.5, 0.6) is 0 Å². The second kappa shape index (κ2) is 3.37. The van der Waals surface area contributed by atoms with Crippen LogP contribution in [0.4, 0.5) is 0 Å². The van der Waals surface area contributed by atoms with Crippen molar-refractivity contribution < 1.29 is 9.90 Å². The van der Waals surface area contributed by atoms with Crippen LogP contribution in [0.2, 0.25) is 5.02 Å². The van der Waals surface area contributed by atoms with Crippen LogP contribution in [0.25, 0.3) is 0 Å². The molecule has 12 heavy (non-hydrogen) atoms. The Morgan fingerprint density at radius 3 is 2.58 bits per heavy atom. The molecule has 0 unspecified atom stereocenters. The van der Waals surface area contributed by atoms with E-state index in [0.717, 1.165) is 0 Å². The zero-order chi connectivity index (χ0) is 9.30. The van der Waals surface area contributed by atoms with E-state index in [-0.39, 0.29) is 10.7 Å². The van der Waals surface area contributed by atoms with Crippen molar-refractivity contribution in [3.05, 3.63) is 10.7 Å². The molecule has 1 heterocycles. The van der Waals surface area contributed by atoms with Crippen LogP contribution >= 0.6 is 23.4 Å². The van der Waals surface area contributed by atoms with Gasteiger partial charge in [-0.15, -0.1) is 11.8 Å². The van der Waals surface area contributed by atoms with Gasteiger partial charge in [0.25, 0.3) is 0 Å². The second-order valence-corrected chi connectivity index (χ2v) is 3.27. The maximum atomic E-state index is 10.5.